The Balaban J connectivity index is 1.27. The third kappa shape index (κ3) is 4.02. The van der Waals surface area contributed by atoms with Crippen molar-refractivity contribution in [3.8, 4) is 0 Å². The number of imide groups is 1. The summed E-state index contributed by atoms with van der Waals surface area (Å²) in [6.45, 7) is 2.16. The van der Waals surface area contributed by atoms with Gasteiger partial charge in [-0.15, -0.1) is 0 Å². The molecular weight excluding hydrogens is 380 g/mol. The molecule has 2 aliphatic heterocycles. The van der Waals surface area contributed by atoms with Crippen molar-refractivity contribution in [3.05, 3.63) is 30.3 Å². The van der Waals surface area contributed by atoms with E-state index >= 15 is 0 Å². The number of carbonyl (C=O) groups is 3. The van der Waals surface area contributed by atoms with Crippen molar-refractivity contribution in [1.82, 2.24) is 15.1 Å². The van der Waals surface area contributed by atoms with E-state index < -0.39 is 5.54 Å². The van der Waals surface area contributed by atoms with Gasteiger partial charge in [-0.25, -0.2) is 4.79 Å². The lowest BCUT2D eigenvalue weighted by molar-refractivity contribution is -0.134. The Kier molecular flexibility index (Phi) is 5.97. The highest BCUT2D eigenvalue weighted by Crippen LogP contribution is 2.35. The summed E-state index contributed by atoms with van der Waals surface area (Å²) in [6.07, 6.45) is 6.33. The third-order valence-electron chi connectivity index (χ3n) is 6.93. The summed E-state index contributed by atoms with van der Waals surface area (Å²) in [4.78, 5) is 43.3. The molecule has 1 atom stereocenters. The first kappa shape index (κ1) is 20.7. The fraction of sp³-hybridized carbons (Fsp3) is 0.609. The summed E-state index contributed by atoms with van der Waals surface area (Å²) in [7, 11) is 1.88. The minimum Gasteiger partial charge on any atom is -0.369 e. The van der Waals surface area contributed by atoms with Gasteiger partial charge in [-0.2, -0.15) is 0 Å². The molecule has 1 unspecified atom stereocenters. The average molecular weight is 413 g/mol. The number of benzene rings is 1. The van der Waals surface area contributed by atoms with Crippen LogP contribution in [-0.2, 0) is 9.59 Å². The predicted octanol–water partition coefficient (Wildman–Crippen LogP) is 2.76. The zero-order chi connectivity index (χ0) is 21.1. The van der Waals surface area contributed by atoms with Gasteiger partial charge in [-0.05, 0) is 44.2 Å². The van der Waals surface area contributed by atoms with Crippen molar-refractivity contribution >= 4 is 23.5 Å². The highest BCUT2D eigenvalue weighted by molar-refractivity contribution is 6.07. The quantitative estimate of drug-likeness (QED) is 0.730. The Morgan fingerprint density at radius 3 is 2.63 bits per heavy atom. The molecule has 2 heterocycles. The lowest BCUT2D eigenvalue weighted by Crippen LogP contribution is -2.48. The van der Waals surface area contributed by atoms with E-state index in [2.05, 4.69) is 22.3 Å². The van der Waals surface area contributed by atoms with Crippen LogP contribution in [0.2, 0.25) is 0 Å². The van der Waals surface area contributed by atoms with Crippen LogP contribution >= 0.6 is 0 Å². The van der Waals surface area contributed by atoms with Gasteiger partial charge in [-0.3, -0.25) is 14.5 Å². The first-order chi connectivity index (χ1) is 14.5. The number of para-hydroxylation sites is 1. The number of hydrogen-bond acceptors (Lipinski definition) is 4. The number of piperidine rings is 1. The number of hydrogen-bond donors (Lipinski definition) is 1. The monoisotopic (exact) mass is 412 g/mol. The van der Waals surface area contributed by atoms with Gasteiger partial charge in [0, 0.05) is 44.8 Å². The van der Waals surface area contributed by atoms with Crippen LogP contribution in [0.25, 0.3) is 0 Å². The molecule has 1 aliphatic carbocycles. The molecule has 1 aromatic carbocycles. The average Bonchev–Trinajstić information content (AvgIpc) is 3.34. The van der Waals surface area contributed by atoms with E-state index in [1.165, 1.54) is 10.6 Å². The number of nitrogens with one attached hydrogen (secondary N) is 1. The largest absolute Gasteiger partial charge is 0.369 e. The van der Waals surface area contributed by atoms with E-state index in [4.69, 9.17) is 0 Å². The van der Waals surface area contributed by atoms with Gasteiger partial charge < -0.3 is 15.1 Å². The van der Waals surface area contributed by atoms with E-state index in [0.29, 0.717) is 19.4 Å². The summed E-state index contributed by atoms with van der Waals surface area (Å²) in [5, 5.41) is 2.90. The number of carbonyl (C=O) groups excluding carboxylic acids is 3. The number of anilines is 1. The van der Waals surface area contributed by atoms with E-state index in [0.717, 1.165) is 51.6 Å². The van der Waals surface area contributed by atoms with Crippen molar-refractivity contribution in [2.24, 2.45) is 0 Å². The second-order valence-electron chi connectivity index (χ2n) is 8.86. The zero-order valence-corrected chi connectivity index (χ0v) is 17.8. The minimum absolute atomic E-state index is 0.0811. The summed E-state index contributed by atoms with van der Waals surface area (Å²) in [5.74, 6) is -0.0193. The summed E-state index contributed by atoms with van der Waals surface area (Å²) < 4.78 is 0. The van der Waals surface area contributed by atoms with Crippen LogP contribution in [0.1, 0.15) is 51.4 Å². The van der Waals surface area contributed by atoms with Gasteiger partial charge in [0.05, 0.1) is 0 Å². The van der Waals surface area contributed by atoms with Crippen LogP contribution in [-0.4, -0.2) is 65.9 Å². The van der Waals surface area contributed by atoms with Gasteiger partial charge in [-0.1, -0.05) is 31.0 Å². The zero-order valence-electron chi connectivity index (χ0n) is 17.8. The highest BCUT2D eigenvalue weighted by atomic mass is 16.2. The molecule has 2 saturated heterocycles. The van der Waals surface area contributed by atoms with Gasteiger partial charge in [0.25, 0.3) is 5.91 Å². The van der Waals surface area contributed by atoms with Crippen LogP contribution in [0.5, 0.6) is 0 Å². The summed E-state index contributed by atoms with van der Waals surface area (Å²) >= 11 is 0. The van der Waals surface area contributed by atoms with Crippen LogP contribution in [0, 0.1) is 0 Å². The van der Waals surface area contributed by atoms with Crippen molar-refractivity contribution < 1.29 is 14.4 Å². The fourth-order valence-corrected chi connectivity index (χ4v) is 5.11. The highest BCUT2D eigenvalue weighted by Gasteiger charge is 2.52. The van der Waals surface area contributed by atoms with E-state index in [9.17, 15) is 14.4 Å². The van der Waals surface area contributed by atoms with Crippen molar-refractivity contribution in [2.75, 3.05) is 31.6 Å². The molecular formula is C23H32N4O3. The number of nitrogens with zero attached hydrogens (tertiary/aromatic N) is 3. The van der Waals surface area contributed by atoms with Crippen LogP contribution < -0.4 is 10.2 Å². The molecule has 1 spiro atoms. The van der Waals surface area contributed by atoms with E-state index in [1.54, 1.807) is 0 Å². The maximum atomic E-state index is 12.8. The first-order valence-electron chi connectivity index (χ1n) is 11.2. The number of rotatable bonds is 6. The number of likely N-dealkylation sites (N-methyl/N-ethyl adjacent to an activating group) is 1. The molecule has 1 aromatic rings. The molecule has 30 heavy (non-hydrogen) atoms. The standard InChI is InChI=1S/C23H32N4O3/c1-25(19-11-7-15-26(17-19)18-9-3-2-4-10-18)20(28)12-8-16-27-21(29)23(24-22(27)30)13-5-6-14-23/h2-4,9-10,19H,5-8,11-17H2,1H3,(H,24,30). The Hall–Kier alpha value is -2.57. The summed E-state index contributed by atoms with van der Waals surface area (Å²) in [5.41, 5.74) is 0.531. The molecule has 3 aliphatic rings. The lowest BCUT2D eigenvalue weighted by Gasteiger charge is -2.39. The van der Waals surface area contributed by atoms with Crippen LogP contribution in [0.4, 0.5) is 10.5 Å². The topological polar surface area (TPSA) is 73.0 Å². The lowest BCUT2D eigenvalue weighted by atomic mass is 9.98. The van der Waals surface area contributed by atoms with Gasteiger partial charge in [0.2, 0.25) is 5.91 Å². The van der Waals surface area contributed by atoms with Crippen molar-refractivity contribution in [2.45, 2.75) is 62.9 Å². The Morgan fingerprint density at radius 1 is 1.17 bits per heavy atom. The summed E-state index contributed by atoms with van der Waals surface area (Å²) in [6, 6.07) is 10.2. The first-order valence-corrected chi connectivity index (χ1v) is 11.2. The predicted molar refractivity (Wildman–Crippen MR) is 115 cm³/mol. The Labute approximate surface area is 178 Å². The molecule has 3 fully saturated rings. The van der Waals surface area contributed by atoms with Gasteiger partial charge in [0.1, 0.15) is 5.54 Å². The smallest absolute Gasteiger partial charge is 0.325 e. The van der Waals surface area contributed by atoms with Gasteiger partial charge >= 0.3 is 6.03 Å². The molecule has 4 rings (SSSR count). The van der Waals surface area contributed by atoms with E-state index in [1.807, 2.05) is 30.1 Å². The molecule has 1 saturated carbocycles. The maximum Gasteiger partial charge on any atom is 0.325 e. The third-order valence-corrected chi connectivity index (χ3v) is 6.93. The molecule has 0 radical (unpaired) electrons. The Bertz CT molecular complexity index is 791. The second kappa shape index (κ2) is 8.66. The normalized spacial score (nSPS) is 23.2. The molecule has 4 amide bonds. The molecule has 0 bridgehead atoms. The fourth-order valence-electron chi connectivity index (χ4n) is 5.11. The van der Waals surface area contributed by atoms with Crippen LogP contribution in [0.3, 0.4) is 0 Å². The van der Waals surface area contributed by atoms with Crippen molar-refractivity contribution in [3.63, 3.8) is 0 Å². The Morgan fingerprint density at radius 2 is 1.90 bits per heavy atom. The molecule has 0 aromatic heterocycles. The number of amides is 4. The SMILES string of the molecule is CN(C(=O)CCCN1C(=O)NC2(CCCC2)C1=O)C1CCCN(c2ccccc2)C1. The molecule has 1 N–H and O–H groups in total. The van der Waals surface area contributed by atoms with Crippen LogP contribution in [0.15, 0.2) is 30.3 Å². The minimum atomic E-state index is -0.666. The van der Waals surface area contributed by atoms with Crippen molar-refractivity contribution in [1.29, 1.82) is 0 Å². The molecule has 7 nitrogen and oxygen atoms in total. The van der Waals surface area contributed by atoms with E-state index in [-0.39, 0.29) is 23.9 Å². The molecule has 7 heteroatoms. The van der Waals surface area contributed by atoms with Gasteiger partial charge in [0.15, 0.2) is 0 Å². The maximum absolute atomic E-state index is 12.8. The second-order valence-corrected chi connectivity index (χ2v) is 8.86. The molecule has 162 valence electrons. The number of urea groups is 1.